The van der Waals surface area contributed by atoms with E-state index in [1.54, 1.807) is 0 Å². The van der Waals surface area contributed by atoms with Crippen LogP contribution >= 0.6 is 0 Å². The number of para-hydroxylation sites is 1. The number of ether oxygens (including phenoxy) is 1. The first kappa shape index (κ1) is 24.1. The molecule has 1 aromatic heterocycles. The van der Waals surface area contributed by atoms with Crippen molar-refractivity contribution in [2.75, 3.05) is 0 Å². The zero-order chi connectivity index (χ0) is 27.1. The van der Waals surface area contributed by atoms with Crippen LogP contribution in [0.3, 0.4) is 0 Å². The van der Waals surface area contributed by atoms with Crippen molar-refractivity contribution in [3.63, 3.8) is 0 Å². The van der Waals surface area contributed by atoms with Crippen LogP contribution in [-0.4, -0.2) is 22.4 Å². The average Bonchev–Trinajstić information content (AvgIpc) is 3.50. The standard InChI is InChI=1S/C36H28N2O2/c1-24-32(30-20-10-11-22-31(30)37-24)33(29-21-12-18-26-15-8-9-19-28(26)29)36(23-25-13-4-2-5-14-25)35(39)40-34(38-36)27-16-6-3-7-17-27/h2-22,33,37H,23H2,1H3/t33-,36+/m1/s1. The van der Waals surface area contributed by atoms with Gasteiger partial charge in [0.05, 0.1) is 0 Å². The number of hydrogen-bond donors (Lipinski definition) is 1. The number of aliphatic imine (C=N–C) groups is 1. The van der Waals surface area contributed by atoms with Gasteiger partial charge in [-0.25, -0.2) is 9.79 Å². The Hall–Kier alpha value is -4.96. The Morgan fingerprint density at radius 1 is 0.750 bits per heavy atom. The van der Waals surface area contributed by atoms with Crippen molar-refractivity contribution in [2.24, 2.45) is 4.99 Å². The van der Waals surface area contributed by atoms with Crippen LogP contribution in [0.25, 0.3) is 21.7 Å². The molecule has 1 aliphatic rings. The number of rotatable bonds is 6. The number of cyclic esters (lactones) is 1. The smallest absolute Gasteiger partial charge is 0.342 e. The predicted molar refractivity (Wildman–Crippen MR) is 161 cm³/mol. The SMILES string of the molecule is Cc1[nH]c2ccccc2c1[C@@H](c1cccc2ccccc12)[C@]1(Cc2ccccc2)N=C(c2ccccc2)OC1=O. The summed E-state index contributed by atoms with van der Waals surface area (Å²) in [5.74, 6) is -0.384. The molecule has 0 unspecified atom stereocenters. The van der Waals surface area contributed by atoms with Crippen LogP contribution in [0.4, 0.5) is 0 Å². The molecular weight excluding hydrogens is 492 g/mol. The fourth-order valence-electron chi connectivity index (χ4n) is 6.26. The van der Waals surface area contributed by atoms with E-state index in [1.165, 1.54) is 0 Å². The monoisotopic (exact) mass is 520 g/mol. The Morgan fingerprint density at radius 3 is 2.20 bits per heavy atom. The number of hydrogen-bond acceptors (Lipinski definition) is 3. The first-order chi connectivity index (χ1) is 19.6. The summed E-state index contributed by atoms with van der Waals surface area (Å²) in [5.41, 5.74) is 4.76. The summed E-state index contributed by atoms with van der Waals surface area (Å²) in [7, 11) is 0. The van der Waals surface area contributed by atoms with Gasteiger partial charge in [-0.3, -0.25) is 0 Å². The van der Waals surface area contributed by atoms with Gasteiger partial charge in [0.15, 0.2) is 5.54 Å². The summed E-state index contributed by atoms with van der Waals surface area (Å²) in [4.78, 5) is 23.3. The molecule has 6 aromatic rings. The maximum Gasteiger partial charge on any atom is 0.342 e. The molecule has 0 fully saturated rings. The van der Waals surface area contributed by atoms with E-state index in [0.29, 0.717) is 12.3 Å². The van der Waals surface area contributed by atoms with Gasteiger partial charge in [0.25, 0.3) is 0 Å². The van der Waals surface area contributed by atoms with E-state index in [4.69, 9.17) is 9.73 Å². The van der Waals surface area contributed by atoms with Gasteiger partial charge in [-0.05, 0) is 52.6 Å². The van der Waals surface area contributed by atoms with Crippen LogP contribution in [0.1, 0.15) is 33.9 Å². The molecule has 0 saturated carbocycles. The van der Waals surface area contributed by atoms with E-state index in [2.05, 4.69) is 78.6 Å². The molecule has 5 aromatic carbocycles. The Labute approximate surface area is 233 Å². The molecule has 1 N–H and O–H groups in total. The van der Waals surface area contributed by atoms with Crippen molar-refractivity contribution in [1.29, 1.82) is 0 Å². The van der Waals surface area contributed by atoms with Crippen LogP contribution in [0.15, 0.2) is 132 Å². The van der Waals surface area contributed by atoms with Crippen molar-refractivity contribution in [3.8, 4) is 0 Å². The number of nitrogens with one attached hydrogen (secondary N) is 1. The number of carbonyl (C=O) groups excluding carboxylic acids is 1. The zero-order valence-electron chi connectivity index (χ0n) is 22.2. The lowest BCUT2D eigenvalue weighted by atomic mass is 9.70. The Kier molecular flexibility index (Phi) is 5.82. The molecule has 0 aliphatic carbocycles. The third-order valence-corrected chi connectivity index (χ3v) is 8.03. The van der Waals surface area contributed by atoms with Crippen molar-refractivity contribution in [3.05, 3.63) is 155 Å². The highest BCUT2D eigenvalue weighted by Crippen LogP contribution is 2.48. The van der Waals surface area contributed by atoms with Crippen molar-refractivity contribution >= 4 is 33.5 Å². The van der Waals surface area contributed by atoms with Crippen molar-refractivity contribution in [2.45, 2.75) is 24.8 Å². The summed E-state index contributed by atoms with van der Waals surface area (Å²) in [6.07, 6.45) is 0.399. The number of esters is 1. The minimum atomic E-state index is -1.23. The third kappa shape index (κ3) is 3.92. The number of benzene rings is 5. The van der Waals surface area contributed by atoms with Gasteiger partial charge in [-0.15, -0.1) is 0 Å². The lowest BCUT2D eigenvalue weighted by Crippen LogP contribution is -2.43. The second-order valence-corrected chi connectivity index (χ2v) is 10.5. The van der Waals surface area contributed by atoms with Gasteiger partial charge in [-0.2, -0.15) is 0 Å². The van der Waals surface area contributed by atoms with Crippen LogP contribution in [-0.2, 0) is 16.0 Å². The molecule has 7 rings (SSSR count). The normalized spacial score (nSPS) is 17.6. The number of H-pyrrole nitrogens is 1. The van der Waals surface area contributed by atoms with E-state index >= 15 is 0 Å². The molecule has 0 spiro atoms. The minimum Gasteiger partial charge on any atom is -0.405 e. The Bertz CT molecular complexity index is 1880. The van der Waals surface area contributed by atoms with Crippen LogP contribution in [0, 0.1) is 6.92 Å². The van der Waals surface area contributed by atoms with Crippen LogP contribution in [0.5, 0.6) is 0 Å². The van der Waals surface area contributed by atoms with Gasteiger partial charge in [-0.1, -0.05) is 109 Å². The second kappa shape index (κ2) is 9.65. The topological polar surface area (TPSA) is 54.4 Å². The van der Waals surface area contributed by atoms with E-state index in [-0.39, 0.29) is 5.97 Å². The van der Waals surface area contributed by atoms with Crippen molar-refractivity contribution < 1.29 is 9.53 Å². The van der Waals surface area contributed by atoms with Gasteiger partial charge in [0.1, 0.15) is 0 Å². The number of aromatic nitrogens is 1. The molecule has 4 nitrogen and oxygen atoms in total. The summed E-state index contributed by atoms with van der Waals surface area (Å²) in [6, 6.07) is 42.8. The minimum absolute atomic E-state index is 0.335. The number of aryl methyl sites for hydroxylation is 1. The van der Waals surface area contributed by atoms with E-state index in [9.17, 15) is 4.79 Å². The number of fused-ring (bicyclic) bond motifs is 2. The third-order valence-electron chi connectivity index (χ3n) is 8.03. The second-order valence-electron chi connectivity index (χ2n) is 10.5. The number of nitrogens with zero attached hydrogens (tertiary/aromatic N) is 1. The number of aromatic amines is 1. The molecule has 2 atom stereocenters. The van der Waals surface area contributed by atoms with Crippen LogP contribution in [0.2, 0.25) is 0 Å². The molecule has 194 valence electrons. The quantitative estimate of drug-likeness (QED) is 0.228. The van der Waals surface area contributed by atoms with Gasteiger partial charge in [0, 0.05) is 34.5 Å². The number of carbonyl (C=O) groups is 1. The molecular formula is C36H28N2O2. The zero-order valence-corrected chi connectivity index (χ0v) is 22.2. The average molecular weight is 521 g/mol. The molecule has 0 radical (unpaired) electrons. The fourth-order valence-corrected chi connectivity index (χ4v) is 6.26. The highest BCUT2D eigenvalue weighted by Gasteiger charge is 2.54. The predicted octanol–water partition coefficient (Wildman–Crippen LogP) is 7.75. The van der Waals surface area contributed by atoms with Crippen molar-refractivity contribution in [1.82, 2.24) is 4.98 Å². The highest BCUT2D eigenvalue weighted by molar-refractivity contribution is 6.09. The molecule has 4 heteroatoms. The summed E-state index contributed by atoms with van der Waals surface area (Å²) >= 11 is 0. The van der Waals surface area contributed by atoms with E-state index < -0.39 is 11.5 Å². The molecule has 0 saturated heterocycles. The lowest BCUT2D eigenvalue weighted by Gasteiger charge is -2.33. The van der Waals surface area contributed by atoms with Gasteiger partial charge < -0.3 is 9.72 Å². The molecule has 1 aliphatic heterocycles. The first-order valence-electron chi connectivity index (χ1n) is 13.6. The maximum atomic E-state index is 14.4. The Balaban J connectivity index is 1.58. The molecule has 0 bridgehead atoms. The Morgan fingerprint density at radius 2 is 1.40 bits per heavy atom. The summed E-state index contributed by atoms with van der Waals surface area (Å²) < 4.78 is 6.10. The fraction of sp³-hybridized carbons (Fsp3) is 0.111. The molecule has 2 heterocycles. The summed E-state index contributed by atoms with van der Waals surface area (Å²) in [6.45, 7) is 2.09. The van der Waals surface area contributed by atoms with E-state index in [0.717, 1.165) is 49.6 Å². The van der Waals surface area contributed by atoms with Crippen LogP contribution < -0.4 is 0 Å². The largest absolute Gasteiger partial charge is 0.405 e. The van der Waals surface area contributed by atoms with E-state index in [1.807, 2.05) is 60.7 Å². The molecule has 0 amide bonds. The lowest BCUT2D eigenvalue weighted by molar-refractivity contribution is -0.139. The first-order valence-corrected chi connectivity index (χ1v) is 13.6. The highest BCUT2D eigenvalue weighted by atomic mass is 16.6. The van der Waals surface area contributed by atoms with Gasteiger partial charge in [0.2, 0.25) is 5.90 Å². The molecule has 40 heavy (non-hydrogen) atoms. The van der Waals surface area contributed by atoms with Gasteiger partial charge >= 0.3 is 5.97 Å². The maximum absolute atomic E-state index is 14.4. The summed E-state index contributed by atoms with van der Waals surface area (Å²) in [5, 5.41) is 3.31.